The van der Waals surface area contributed by atoms with Gasteiger partial charge in [0.05, 0.1) is 0 Å². The summed E-state index contributed by atoms with van der Waals surface area (Å²) >= 11 is 0. The summed E-state index contributed by atoms with van der Waals surface area (Å²) in [6.45, 7) is 6.73. The van der Waals surface area contributed by atoms with Gasteiger partial charge in [0, 0.05) is 23.6 Å². The minimum absolute atomic E-state index is 0.00346. The number of fused-ring (bicyclic) bond motifs is 1. The normalized spacial score (nSPS) is 26.3. The Kier molecular flexibility index (Phi) is 5.28. The molecule has 0 unspecified atom stereocenters. The number of hydrogen-bond donors (Lipinski definition) is 4. The molecule has 0 radical (unpaired) electrons. The second-order valence-electron chi connectivity index (χ2n) is 8.21. The van der Waals surface area contributed by atoms with E-state index in [1.54, 1.807) is 12.1 Å². The van der Waals surface area contributed by atoms with Crippen molar-refractivity contribution in [3.8, 4) is 5.75 Å². The number of nitrogens with one attached hydrogen (secondary N) is 2. The highest BCUT2D eigenvalue weighted by atomic mass is 16.3. The molecule has 1 fully saturated rings. The van der Waals surface area contributed by atoms with E-state index in [4.69, 9.17) is 0 Å². The van der Waals surface area contributed by atoms with E-state index in [9.17, 15) is 15.0 Å². The number of H-pyrrole nitrogens is 1. The SMILES string of the molecule is CC(C)[C@@H]1CC[C@@H](C)C[C@@]1(O)C(=O)NCCc1c[nH]c2ccc(O)cc12. The molecule has 4 N–H and O–H groups in total. The molecule has 1 aliphatic rings. The highest BCUT2D eigenvalue weighted by molar-refractivity contribution is 5.86. The first-order chi connectivity index (χ1) is 12.3. The van der Waals surface area contributed by atoms with Gasteiger partial charge in [-0.25, -0.2) is 0 Å². The van der Waals surface area contributed by atoms with Crippen LogP contribution in [0.3, 0.4) is 0 Å². The highest BCUT2D eigenvalue weighted by Crippen LogP contribution is 2.41. The van der Waals surface area contributed by atoms with Crippen molar-refractivity contribution < 1.29 is 15.0 Å². The maximum Gasteiger partial charge on any atom is 0.252 e. The number of phenols is 1. The molecule has 1 aromatic heterocycles. The van der Waals surface area contributed by atoms with Crippen LogP contribution in [0.4, 0.5) is 0 Å². The molecular formula is C21H30N2O3. The molecule has 0 bridgehead atoms. The number of aromatic nitrogens is 1. The van der Waals surface area contributed by atoms with Gasteiger partial charge in [0.15, 0.2) is 0 Å². The number of carbonyl (C=O) groups is 1. The van der Waals surface area contributed by atoms with E-state index in [0.29, 0.717) is 25.3 Å². The van der Waals surface area contributed by atoms with Crippen molar-refractivity contribution in [3.05, 3.63) is 30.0 Å². The van der Waals surface area contributed by atoms with Crippen LogP contribution in [-0.4, -0.2) is 33.3 Å². The Morgan fingerprint density at radius 1 is 1.38 bits per heavy atom. The smallest absolute Gasteiger partial charge is 0.252 e. The molecule has 3 rings (SSSR count). The van der Waals surface area contributed by atoms with Crippen molar-refractivity contribution in [2.24, 2.45) is 17.8 Å². The molecule has 26 heavy (non-hydrogen) atoms. The summed E-state index contributed by atoms with van der Waals surface area (Å²) in [5.74, 6) is 0.619. The first-order valence-corrected chi connectivity index (χ1v) is 9.61. The summed E-state index contributed by atoms with van der Waals surface area (Å²) in [4.78, 5) is 16.0. The van der Waals surface area contributed by atoms with Crippen LogP contribution in [0.25, 0.3) is 10.9 Å². The van der Waals surface area contributed by atoms with E-state index in [1.165, 1.54) is 0 Å². The molecule has 0 aliphatic heterocycles. The Labute approximate surface area is 154 Å². The van der Waals surface area contributed by atoms with Gasteiger partial charge in [0.1, 0.15) is 11.4 Å². The number of hydrogen-bond acceptors (Lipinski definition) is 3. The van der Waals surface area contributed by atoms with E-state index in [0.717, 1.165) is 29.3 Å². The van der Waals surface area contributed by atoms with Crippen molar-refractivity contribution >= 4 is 16.8 Å². The number of aromatic amines is 1. The fourth-order valence-electron chi connectivity index (χ4n) is 4.47. The monoisotopic (exact) mass is 358 g/mol. The lowest BCUT2D eigenvalue weighted by molar-refractivity contribution is -0.155. The standard InChI is InChI=1S/C21H30N2O3/c1-13(2)18-6-4-14(3)11-21(18,26)20(25)22-9-8-15-12-23-19-7-5-16(24)10-17(15)19/h5,7,10,12-14,18,23-24,26H,4,6,8-9,11H2,1-3H3,(H,22,25)/t14-,18+,21+/m1/s1. The quantitative estimate of drug-likeness (QED) is 0.661. The number of aliphatic hydroxyl groups is 1. The van der Waals surface area contributed by atoms with Crippen molar-refractivity contribution in [1.29, 1.82) is 0 Å². The summed E-state index contributed by atoms with van der Waals surface area (Å²) in [7, 11) is 0. The molecule has 0 saturated heterocycles. The summed E-state index contributed by atoms with van der Waals surface area (Å²) in [5.41, 5.74) is 0.731. The fraction of sp³-hybridized carbons (Fsp3) is 0.571. The Hall–Kier alpha value is -2.01. The zero-order valence-corrected chi connectivity index (χ0v) is 15.9. The number of benzene rings is 1. The third-order valence-corrected chi connectivity index (χ3v) is 5.87. The summed E-state index contributed by atoms with van der Waals surface area (Å²) in [5, 5.41) is 24.7. The van der Waals surface area contributed by atoms with Crippen molar-refractivity contribution in [3.63, 3.8) is 0 Å². The predicted molar refractivity (Wildman–Crippen MR) is 103 cm³/mol. The maximum absolute atomic E-state index is 12.8. The van der Waals surface area contributed by atoms with Crippen LogP contribution >= 0.6 is 0 Å². The Morgan fingerprint density at radius 2 is 2.15 bits per heavy atom. The van der Waals surface area contributed by atoms with Crippen molar-refractivity contribution in [2.75, 3.05) is 6.54 Å². The number of rotatable bonds is 5. The Balaban J connectivity index is 1.66. The van der Waals surface area contributed by atoms with Crippen molar-refractivity contribution in [2.45, 2.75) is 52.1 Å². The van der Waals surface area contributed by atoms with Gasteiger partial charge in [-0.3, -0.25) is 4.79 Å². The summed E-state index contributed by atoms with van der Waals surface area (Å²) < 4.78 is 0. The average Bonchev–Trinajstić information content (AvgIpc) is 2.96. The minimum Gasteiger partial charge on any atom is -0.508 e. The maximum atomic E-state index is 12.8. The summed E-state index contributed by atoms with van der Waals surface area (Å²) in [6, 6.07) is 5.22. The topological polar surface area (TPSA) is 85.4 Å². The molecule has 1 heterocycles. The van der Waals surface area contributed by atoms with Crippen LogP contribution in [-0.2, 0) is 11.2 Å². The summed E-state index contributed by atoms with van der Waals surface area (Å²) in [6.07, 6.45) is 5.04. The van der Waals surface area contributed by atoms with Gasteiger partial charge in [-0.2, -0.15) is 0 Å². The van der Waals surface area contributed by atoms with Crippen LogP contribution in [0.5, 0.6) is 5.75 Å². The molecule has 1 aliphatic carbocycles. The molecule has 0 spiro atoms. The average molecular weight is 358 g/mol. The number of amides is 1. The lowest BCUT2D eigenvalue weighted by Gasteiger charge is -2.43. The van der Waals surface area contributed by atoms with Crippen LogP contribution in [0.15, 0.2) is 24.4 Å². The zero-order valence-electron chi connectivity index (χ0n) is 15.9. The molecule has 1 aromatic carbocycles. The Morgan fingerprint density at radius 3 is 2.88 bits per heavy atom. The first-order valence-electron chi connectivity index (χ1n) is 9.61. The van der Waals surface area contributed by atoms with Crippen molar-refractivity contribution in [1.82, 2.24) is 10.3 Å². The first kappa shape index (κ1) is 18.8. The highest BCUT2D eigenvalue weighted by Gasteiger charge is 2.48. The minimum atomic E-state index is -1.27. The van der Waals surface area contributed by atoms with Gasteiger partial charge in [-0.05, 0) is 60.8 Å². The molecule has 2 aromatic rings. The van der Waals surface area contributed by atoms with Gasteiger partial charge < -0.3 is 20.5 Å². The molecule has 3 atom stereocenters. The van der Waals surface area contributed by atoms with E-state index in [2.05, 4.69) is 31.1 Å². The molecule has 5 nitrogen and oxygen atoms in total. The van der Waals surface area contributed by atoms with Gasteiger partial charge in [-0.1, -0.05) is 27.2 Å². The second kappa shape index (κ2) is 7.31. The van der Waals surface area contributed by atoms with Gasteiger partial charge in [0.2, 0.25) is 0 Å². The van der Waals surface area contributed by atoms with E-state index in [-0.39, 0.29) is 23.5 Å². The van der Waals surface area contributed by atoms with Crippen LogP contribution in [0, 0.1) is 17.8 Å². The fourth-order valence-corrected chi connectivity index (χ4v) is 4.47. The lowest BCUT2D eigenvalue weighted by atomic mass is 9.66. The van der Waals surface area contributed by atoms with Crippen LogP contribution in [0.1, 0.15) is 45.6 Å². The largest absolute Gasteiger partial charge is 0.508 e. The molecule has 142 valence electrons. The predicted octanol–water partition coefficient (Wildman–Crippen LogP) is 3.36. The van der Waals surface area contributed by atoms with E-state index < -0.39 is 5.60 Å². The third-order valence-electron chi connectivity index (χ3n) is 5.87. The van der Waals surface area contributed by atoms with Gasteiger partial charge >= 0.3 is 0 Å². The second-order valence-corrected chi connectivity index (χ2v) is 8.21. The number of carbonyl (C=O) groups excluding carboxylic acids is 1. The van der Waals surface area contributed by atoms with E-state index >= 15 is 0 Å². The molecular weight excluding hydrogens is 328 g/mol. The molecule has 5 heteroatoms. The number of phenolic OH excluding ortho intramolecular Hbond substituents is 1. The number of aromatic hydroxyl groups is 1. The van der Waals surface area contributed by atoms with Crippen LogP contribution < -0.4 is 5.32 Å². The third kappa shape index (κ3) is 3.58. The lowest BCUT2D eigenvalue weighted by Crippen LogP contribution is -2.56. The van der Waals surface area contributed by atoms with E-state index in [1.807, 2.05) is 12.3 Å². The Bertz CT molecular complexity index is 783. The molecule has 1 saturated carbocycles. The van der Waals surface area contributed by atoms with Gasteiger partial charge in [-0.15, -0.1) is 0 Å². The zero-order chi connectivity index (χ0) is 18.9. The molecule has 1 amide bonds. The van der Waals surface area contributed by atoms with Gasteiger partial charge in [0.25, 0.3) is 5.91 Å². The van der Waals surface area contributed by atoms with Crippen LogP contribution in [0.2, 0.25) is 0 Å².